The highest BCUT2D eigenvalue weighted by Crippen LogP contribution is 2.28. The lowest BCUT2D eigenvalue weighted by Crippen LogP contribution is -2.20. The molecule has 0 aliphatic carbocycles. The highest BCUT2D eigenvalue weighted by atomic mass is 19.1. The number of benzene rings is 1. The number of rotatable bonds is 3. The predicted molar refractivity (Wildman–Crippen MR) is 77.1 cm³/mol. The van der Waals surface area contributed by atoms with Crippen LogP contribution in [0.25, 0.3) is 0 Å². The van der Waals surface area contributed by atoms with Crippen molar-refractivity contribution in [3.05, 3.63) is 52.6 Å². The molecule has 1 aliphatic heterocycles. The molecule has 1 N–H and O–H groups in total. The standard InChI is InChI=1S/C16H20FN3/c1-11-16(12(2)19-18-11)10-20-8-7-14(9-20)13-3-5-15(17)6-4-13/h3-6,14H,7-10H2,1-2H3,(H,18,19). The van der Waals surface area contributed by atoms with Gasteiger partial charge in [-0.15, -0.1) is 0 Å². The van der Waals surface area contributed by atoms with Gasteiger partial charge in [-0.2, -0.15) is 5.10 Å². The first-order chi connectivity index (χ1) is 9.63. The van der Waals surface area contributed by atoms with Crippen LogP contribution >= 0.6 is 0 Å². The molecule has 2 heterocycles. The Morgan fingerprint density at radius 2 is 2.05 bits per heavy atom. The number of aromatic nitrogens is 2. The maximum Gasteiger partial charge on any atom is 0.123 e. The quantitative estimate of drug-likeness (QED) is 0.931. The molecule has 106 valence electrons. The Bertz CT molecular complexity index is 569. The number of hydrogen-bond acceptors (Lipinski definition) is 2. The van der Waals surface area contributed by atoms with E-state index in [0.29, 0.717) is 5.92 Å². The van der Waals surface area contributed by atoms with Crippen LogP contribution in [0.4, 0.5) is 4.39 Å². The Balaban J connectivity index is 1.66. The summed E-state index contributed by atoms with van der Waals surface area (Å²) in [6.07, 6.45) is 1.14. The monoisotopic (exact) mass is 273 g/mol. The molecule has 0 spiro atoms. The maximum atomic E-state index is 13.0. The molecule has 2 aromatic rings. The van der Waals surface area contributed by atoms with Crippen LogP contribution in [-0.2, 0) is 6.54 Å². The Labute approximate surface area is 118 Å². The second-order valence-corrected chi connectivity index (χ2v) is 5.68. The largest absolute Gasteiger partial charge is 0.298 e. The molecule has 0 saturated carbocycles. The van der Waals surface area contributed by atoms with Gasteiger partial charge in [-0.3, -0.25) is 10.00 Å². The van der Waals surface area contributed by atoms with Crippen LogP contribution in [0, 0.1) is 19.7 Å². The summed E-state index contributed by atoms with van der Waals surface area (Å²) in [6, 6.07) is 6.94. The zero-order valence-corrected chi connectivity index (χ0v) is 12.0. The van der Waals surface area contributed by atoms with E-state index in [2.05, 4.69) is 22.0 Å². The van der Waals surface area contributed by atoms with Crippen LogP contribution in [0.5, 0.6) is 0 Å². The number of hydrogen-bond donors (Lipinski definition) is 1. The van der Waals surface area contributed by atoms with E-state index in [4.69, 9.17) is 0 Å². The maximum absolute atomic E-state index is 13.0. The van der Waals surface area contributed by atoms with E-state index in [1.165, 1.54) is 11.1 Å². The van der Waals surface area contributed by atoms with Crippen molar-refractivity contribution in [2.45, 2.75) is 32.7 Å². The molecular weight excluding hydrogens is 253 g/mol. The molecule has 20 heavy (non-hydrogen) atoms. The summed E-state index contributed by atoms with van der Waals surface area (Å²) in [6.45, 7) is 7.20. The van der Waals surface area contributed by atoms with Gasteiger partial charge in [-0.1, -0.05) is 12.1 Å². The average molecular weight is 273 g/mol. The van der Waals surface area contributed by atoms with E-state index in [9.17, 15) is 4.39 Å². The Morgan fingerprint density at radius 1 is 1.30 bits per heavy atom. The van der Waals surface area contributed by atoms with Crippen LogP contribution in [-0.4, -0.2) is 28.2 Å². The van der Waals surface area contributed by atoms with Gasteiger partial charge in [0.25, 0.3) is 0 Å². The molecule has 4 heteroatoms. The molecule has 1 aliphatic rings. The van der Waals surface area contributed by atoms with Gasteiger partial charge in [0, 0.05) is 24.3 Å². The summed E-state index contributed by atoms with van der Waals surface area (Å²) in [7, 11) is 0. The van der Waals surface area contributed by atoms with Crippen LogP contribution in [0.1, 0.15) is 34.9 Å². The minimum Gasteiger partial charge on any atom is -0.298 e. The minimum absolute atomic E-state index is 0.159. The van der Waals surface area contributed by atoms with Gasteiger partial charge in [-0.05, 0) is 50.4 Å². The fourth-order valence-electron chi connectivity index (χ4n) is 3.01. The number of aryl methyl sites for hydroxylation is 2. The summed E-state index contributed by atoms with van der Waals surface area (Å²) in [5.74, 6) is 0.358. The molecule has 1 fully saturated rings. The first kappa shape index (κ1) is 13.3. The smallest absolute Gasteiger partial charge is 0.123 e. The molecule has 3 nitrogen and oxygen atoms in total. The van der Waals surface area contributed by atoms with Gasteiger partial charge in [-0.25, -0.2) is 4.39 Å². The van der Waals surface area contributed by atoms with E-state index >= 15 is 0 Å². The van der Waals surface area contributed by atoms with Gasteiger partial charge < -0.3 is 0 Å². The van der Waals surface area contributed by atoms with Crippen LogP contribution in [0.2, 0.25) is 0 Å². The van der Waals surface area contributed by atoms with Crippen LogP contribution in [0.3, 0.4) is 0 Å². The molecule has 0 amide bonds. The van der Waals surface area contributed by atoms with Crippen molar-refractivity contribution in [3.8, 4) is 0 Å². The SMILES string of the molecule is Cc1n[nH]c(C)c1CN1CCC(c2ccc(F)cc2)C1. The fourth-order valence-corrected chi connectivity index (χ4v) is 3.01. The summed E-state index contributed by atoms with van der Waals surface area (Å²) >= 11 is 0. The Morgan fingerprint density at radius 3 is 2.70 bits per heavy atom. The van der Waals surface area contributed by atoms with Crippen LogP contribution in [0.15, 0.2) is 24.3 Å². The predicted octanol–water partition coefficient (Wildman–Crippen LogP) is 3.16. The summed E-state index contributed by atoms with van der Waals surface area (Å²) in [5, 5.41) is 7.29. The normalized spacial score (nSPS) is 19.6. The highest BCUT2D eigenvalue weighted by Gasteiger charge is 2.24. The molecule has 3 rings (SSSR count). The molecule has 1 saturated heterocycles. The average Bonchev–Trinajstić information content (AvgIpc) is 3.02. The summed E-state index contributed by atoms with van der Waals surface area (Å²) in [4.78, 5) is 2.46. The van der Waals surface area contributed by atoms with Crippen molar-refractivity contribution in [1.29, 1.82) is 0 Å². The van der Waals surface area contributed by atoms with Crippen molar-refractivity contribution in [2.75, 3.05) is 13.1 Å². The van der Waals surface area contributed by atoms with Crippen molar-refractivity contribution >= 4 is 0 Å². The number of H-pyrrole nitrogens is 1. The summed E-state index contributed by atoms with van der Waals surface area (Å²) < 4.78 is 13.0. The molecule has 1 aromatic heterocycles. The number of nitrogens with one attached hydrogen (secondary N) is 1. The van der Waals surface area contributed by atoms with Gasteiger partial charge in [0.05, 0.1) is 5.69 Å². The second-order valence-electron chi connectivity index (χ2n) is 5.68. The summed E-state index contributed by atoms with van der Waals surface area (Å²) in [5.41, 5.74) is 4.81. The fraction of sp³-hybridized carbons (Fsp3) is 0.438. The molecule has 0 bridgehead atoms. The lowest BCUT2D eigenvalue weighted by molar-refractivity contribution is 0.325. The van der Waals surface area contributed by atoms with E-state index in [-0.39, 0.29) is 5.82 Å². The first-order valence-corrected chi connectivity index (χ1v) is 7.11. The van der Waals surface area contributed by atoms with Crippen molar-refractivity contribution < 1.29 is 4.39 Å². The third-order valence-corrected chi connectivity index (χ3v) is 4.28. The lowest BCUT2D eigenvalue weighted by atomic mass is 9.99. The van der Waals surface area contributed by atoms with Gasteiger partial charge >= 0.3 is 0 Å². The molecule has 1 aromatic carbocycles. The molecule has 1 unspecified atom stereocenters. The molecular formula is C16H20FN3. The zero-order valence-electron chi connectivity index (χ0n) is 12.0. The van der Waals surface area contributed by atoms with Crippen molar-refractivity contribution in [1.82, 2.24) is 15.1 Å². The van der Waals surface area contributed by atoms with Gasteiger partial charge in [0.2, 0.25) is 0 Å². The van der Waals surface area contributed by atoms with Crippen molar-refractivity contribution in [2.24, 2.45) is 0 Å². The van der Waals surface area contributed by atoms with Crippen LogP contribution < -0.4 is 0 Å². The number of likely N-dealkylation sites (tertiary alicyclic amines) is 1. The van der Waals surface area contributed by atoms with Gasteiger partial charge in [0.15, 0.2) is 0 Å². The van der Waals surface area contributed by atoms with Gasteiger partial charge in [0.1, 0.15) is 5.82 Å². The van der Waals surface area contributed by atoms with E-state index in [0.717, 1.165) is 37.4 Å². The highest BCUT2D eigenvalue weighted by molar-refractivity contribution is 5.25. The number of aromatic amines is 1. The topological polar surface area (TPSA) is 31.9 Å². The Hall–Kier alpha value is -1.68. The third-order valence-electron chi connectivity index (χ3n) is 4.28. The molecule has 1 atom stereocenters. The van der Waals surface area contributed by atoms with E-state index in [1.807, 2.05) is 19.1 Å². The van der Waals surface area contributed by atoms with E-state index < -0.39 is 0 Å². The molecule has 0 radical (unpaired) electrons. The zero-order chi connectivity index (χ0) is 14.1. The van der Waals surface area contributed by atoms with E-state index in [1.54, 1.807) is 12.1 Å². The third kappa shape index (κ3) is 2.61. The lowest BCUT2D eigenvalue weighted by Gasteiger charge is -2.16. The number of nitrogens with zero attached hydrogens (tertiary/aromatic N) is 2. The Kier molecular flexibility index (Phi) is 3.57. The minimum atomic E-state index is -0.159. The second kappa shape index (κ2) is 5.37. The van der Waals surface area contributed by atoms with Crippen molar-refractivity contribution in [3.63, 3.8) is 0 Å². The first-order valence-electron chi connectivity index (χ1n) is 7.11. The number of halogens is 1.